The summed E-state index contributed by atoms with van der Waals surface area (Å²) in [5.41, 5.74) is 0.947. The van der Waals surface area contributed by atoms with E-state index in [0.717, 1.165) is 25.2 Å². The molecule has 2 aromatic rings. The second-order valence-electron chi connectivity index (χ2n) is 3.32. The van der Waals surface area contributed by atoms with Gasteiger partial charge in [-0.05, 0) is 18.6 Å². The number of rotatable bonds is 5. The van der Waals surface area contributed by atoms with Crippen molar-refractivity contribution in [2.75, 3.05) is 0 Å². The lowest BCUT2D eigenvalue weighted by Gasteiger charge is -1.98. The molecule has 0 amide bonds. The van der Waals surface area contributed by atoms with Gasteiger partial charge >= 0.3 is 0 Å². The van der Waals surface area contributed by atoms with Gasteiger partial charge in [0.15, 0.2) is 0 Å². The highest BCUT2D eigenvalue weighted by Crippen LogP contribution is 2.16. The summed E-state index contributed by atoms with van der Waals surface area (Å²) in [6.45, 7) is 3.84. The molecule has 0 saturated carbocycles. The fraction of sp³-hybridized carbons (Fsp3) is 0.364. The Morgan fingerprint density at radius 2 is 2.13 bits per heavy atom. The zero-order valence-corrected chi connectivity index (χ0v) is 9.51. The normalized spacial score (nSPS) is 10.7. The zero-order chi connectivity index (χ0) is 10.5. The predicted octanol–water partition coefficient (Wildman–Crippen LogP) is 2.59. The van der Waals surface area contributed by atoms with E-state index in [1.165, 1.54) is 9.75 Å². The monoisotopic (exact) mass is 222 g/mol. The third-order valence-corrected chi connectivity index (χ3v) is 3.39. The molecule has 2 heterocycles. The van der Waals surface area contributed by atoms with Crippen LogP contribution in [0.1, 0.15) is 22.4 Å². The molecule has 0 atom stereocenters. The van der Waals surface area contributed by atoms with Crippen molar-refractivity contribution in [3.05, 3.63) is 39.9 Å². The van der Waals surface area contributed by atoms with Gasteiger partial charge in [-0.1, -0.05) is 12.1 Å². The Hall–Kier alpha value is -1.13. The molecule has 0 aliphatic rings. The van der Waals surface area contributed by atoms with Crippen LogP contribution in [0.2, 0.25) is 0 Å². The molecule has 0 fully saturated rings. The molecule has 0 spiro atoms. The van der Waals surface area contributed by atoms with E-state index in [0.29, 0.717) is 0 Å². The first-order valence-electron chi connectivity index (χ1n) is 5.06. The summed E-state index contributed by atoms with van der Waals surface area (Å²) in [6.07, 6.45) is 2.71. The maximum Gasteiger partial charge on any atom is 0.124 e. The van der Waals surface area contributed by atoms with Crippen LogP contribution in [0.15, 0.2) is 29.0 Å². The summed E-state index contributed by atoms with van der Waals surface area (Å²) in [5.74, 6) is 0. The number of aromatic nitrogens is 1. The predicted molar refractivity (Wildman–Crippen MR) is 60.7 cm³/mol. The van der Waals surface area contributed by atoms with Crippen molar-refractivity contribution < 1.29 is 4.52 Å². The van der Waals surface area contributed by atoms with Crippen LogP contribution in [-0.2, 0) is 19.5 Å². The molecule has 0 saturated heterocycles. The molecule has 0 aliphatic heterocycles. The molecule has 0 aromatic carbocycles. The Balaban J connectivity index is 1.78. The largest absolute Gasteiger partial charge is 0.364 e. The molecular weight excluding hydrogens is 208 g/mol. The summed E-state index contributed by atoms with van der Waals surface area (Å²) in [6, 6.07) is 6.25. The van der Waals surface area contributed by atoms with Crippen LogP contribution in [0.5, 0.6) is 0 Å². The van der Waals surface area contributed by atoms with Gasteiger partial charge < -0.3 is 9.84 Å². The van der Waals surface area contributed by atoms with Crippen molar-refractivity contribution in [1.82, 2.24) is 10.5 Å². The standard InChI is InChI=1S/C11H14N2OS/c1-2-10-3-4-11(15-10)8-12-7-9-5-6-14-13-9/h3-6,12H,2,7-8H2,1H3. The van der Waals surface area contributed by atoms with E-state index in [9.17, 15) is 0 Å². The van der Waals surface area contributed by atoms with Gasteiger partial charge in [0.2, 0.25) is 0 Å². The molecule has 0 bridgehead atoms. The topological polar surface area (TPSA) is 38.1 Å². The second kappa shape index (κ2) is 5.09. The highest BCUT2D eigenvalue weighted by atomic mass is 32.1. The minimum Gasteiger partial charge on any atom is -0.364 e. The van der Waals surface area contributed by atoms with Crippen molar-refractivity contribution in [2.45, 2.75) is 26.4 Å². The number of nitrogens with zero attached hydrogens (tertiary/aromatic N) is 1. The van der Waals surface area contributed by atoms with Gasteiger partial charge in [0.1, 0.15) is 6.26 Å². The second-order valence-corrected chi connectivity index (χ2v) is 4.57. The molecule has 80 valence electrons. The van der Waals surface area contributed by atoms with E-state index < -0.39 is 0 Å². The molecule has 0 unspecified atom stereocenters. The summed E-state index contributed by atoms with van der Waals surface area (Å²) in [7, 11) is 0. The van der Waals surface area contributed by atoms with Crippen molar-refractivity contribution in [2.24, 2.45) is 0 Å². The fourth-order valence-electron chi connectivity index (χ4n) is 1.35. The van der Waals surface area contributed by atoms with E-state index in [2.05, 4.69) is 29.5 Å². The van der Waals surface area contributed by atoms with Crippen molar-refractivity contribution >= 4 is 11.3 Å². The van der Waals surface area contributed by atoms with Gasteiger partial charge in [0, 0.05) is 28.9 Å². The maximum atomic E-state index is 4.75. The van der Waals surface area contributed by atoms with E-state index in [1.54, 1.807) is 6.26 Å². The third-order valence-electron chi connectivity index (χ3n) is 2.16. The van der Waals surface area contributed by atoms with Crippen LogP contribution in [0, 0.1) is 0 Å². The SMILES string of the molecule is CCc1ccc(CNCc2ccon2)s1. The lowest BCUT2D eigenvalue weighted by atomic mass is 10.3. The highest BCUT2D eigenvalue weighted by molar-refractivity contribution is 7.11. The van der Waals surface area contributed by atoms with Gasteiger partial charge in [-0.15, -0.1) is 11.3 Å². The van der Waals surface area contributed by atoms with Crippen LogP contribution < -0.4 is 5.32 Å². The Morgan fingerprint density at radius 1 is 1.27 bits per heavy atom. The molecule has 3 nitrogen and oxygen atoms in total. The lowest BCUT2D eigenvalue weighted by molar-refractivity contribution is 0.408. The molecule has 0 radical (unpaired) electrons. The van der Waals surface area contributed by atoms with Crippen molar-refractivity contribution in [3.63, 3.8) is 0 Å². The molecule has 2 aromatic heterocycles. The summed E-state index contributed by atoms with van der Waals surface area (Å²) < 4.78 is 4.75. The first-order chi connectivity index (χ1) is 7.38. The van der Waals surface area contributed by atoms with Crippen molar-refractivity contribution in [1.29, 1.82) is 0 Å². The van der Waals surface area contributed by atoms with Gasteiger partial charge in [0.05, 0.1) is 5.69 Å². The molecule has 15 heavy (non-hydrogen) atoms. The minimum absolute atomic E-state index is 0.760. The average molecular weight is 222 g/mol. The number of hydrogen-bond donors (Lipinski definition) is 1. The molecule has 4 heteroatoms. The van der Waals surface area contributed by atoms with Crippen LogP contribution in [0.4, 0.5) is 0 Å². The minimum atomic E-state index is 0.760. The zero-order valence-electron chi connectivity index (χ0n) is 8.69. The van der Waals surface area contributed by atoms with Crippen LogP contribution in [0.3, 0.4) is 0 Å². The Labute approximate surface area is 93.1 Å². The van der Waals surface area contributed by atoms with E-state index >= 15 is 0 Å². The van der Waals surface area contributed by atoms with Gasteiger partial charge in [-0.3, -0.25) is 0 Å². The summed E-state index contributed by atoms with van der Waals surface area (Å²) in [4.78, 5) is 2.81. The van der Waals surface area contributed by atoms with Crippen LogP contribution >= 0.6 is 11.3 Å². The summed E-state index contributed by atoms with van der Waals surface area (Å²) in [5, 5.41) is 7.16. The van der Waals surface area contributed by atoms with Crippen molar-refractivity contribution in [3.8, 4) is 0 Å². The van der Waals surface area contributed by atoms with Gasteiger partial charge in [-0.2, -0.15) is 0 Å². The quantitative estimate of drug-likeness (QED) is 0.845. The Bertz CT molecular complexity index is 394. The molecule has 1 N–H and O–H groups in total. The lowest BCUT2D eigenvalue weighted by Crippen LogP contribution is -2.11. The van der Waals surface area contributed by atoms with Crippen LogP contribution in [-0.4, -0.2) is 5.16 Å². The number of aryl methyl sites for hydroxylation is 1. The van der Waals surface area contributed by atoms with E-state index in [1.807, 2.05) is 17.4 Å². The van der Waals surface area contributed by atoms with E-state index in [4.69, 9.17) is 4.52 Å². The number of hydrogen-bond acceptors (Lipinski definition) is 4. The molecule has 0 aliphatic carbocycles. The van der Waals surface area contributed by atoms with Gasteiger partial charge in [0.25, 0.3) is 0 Å². The smallest absolute Gasteiger partial charge is 0.124 e. The number of nitrogens with one attached hydrogen (secondary N) is 1. The third kappa shape index (κ3) is 2.91. The fourth-order valence-corrected chi connectivity index (χ4v) is 2.28. The first kappa shape index (κ1) is 10.4. The number of thiophene rings is 1. The van der Waals surface area contributed by atoms with E-state index in [-0.39, 0.29) is 0 Å². The Kier molecular flexibility index (Phi) is 3.53. The summed E-state index contributed by atoms with van der Waals surface area (Å²) >= 11 is 1.86. The molecular formula is C11H14N2OS. The first-order valence-corrected chi connectivity index (χ1v) is 5.87. The highest BCUT2D eigenvalue weighted by Gasteiger charge is 1.99. The molecule has 2 rings (SSSR count). The average Bonchev–Trinajstić information content (AvgIpc) is 2.88. The Morgan fingerprint density at radius 3 is 2.80 bits per heavy atom. The van der Waals surface area contributed by atoms with Gasteiger partial charge in [-0.25, -0.2) is 0 Å². The maximum absolute atomic E-state index is 4.75. The van der Waals surface area contributed by atoms with Crippen LogP contribution in [0.25, 0.3) is 0 Å².